The molecule has 0 unspecified atom stereocenters. The van der Waals surface area contributed by atoms with Crippen molar-refractivity contribution in [2.24, 2.45) is 0 Å². The van der Waals surface area contributed by atoms with Crippen LogP contribution in [0.25, 0.3) is 45.7 Å². The van der Waals surface area contributed by atoms with Crippen LogP contribution in [0.1, 0.15) is 27.7 Å². The number of hydrogen-bond donors (Lipinski definition) is 3. The predicted octanol–water partition coefficient (Wildman–Crippen LogP) is 5.91. The average molecular weight is 494 g/mol. The summed E-state index contributed by atoms with van der Waals surface area (Å²) in [5.74, 6) is -0.276. The van der Waals surface area contributed by atoms with E-state index in [0.717, 1.165) is 61.0 Å². The quantitative estimate of drug-likeness (QED) is 0.267. The zero-order valence-corrected chi connectivity index (χ0v) is 21.7. The first-order valence-corrected chi connectivity index (χ1v) is 12.3. The molecule has 0 saturated heterocycles. The van der Waals surface area contributed by atoms with Gasteiger partial charge in [0.05, 0.1) is 16.7 Å². The van der Waals surface area contributed by atoms with Crippen molar-refractivity contribution < 1.29 is 4.39 Å². The maximum atomic E-state index is 13.5. The molecule has 3 heterocycles. The highest BCUT2D eigenvalue weighted by atomic mass is 19.1. The molecule has 0 amide bonds. The van der Waals surface area contributed by atoms with Crippen LogP contribution in [0, 0.1) is 5.82 Å². The summed E-state index contributed by atoms with van der Waals surface area (Å²) in [4.78, 5) is 8.05. The number of pyridine rings is 1. The van der Waals surface area contributed by atoms with Gasteiger partial charge in [0.2, 0.25) is 0 Å². The van der Waals surface area contributed by atoms with E-state index in [4.69, 9.17) is 0 Å². The molecule has 0 aliphatic rings. The fourth-order valence-electron chi connectivity index (χ4n) is 4.23. The van der Waals surface area contributed by atoms with Crippen molar-refractivity contribution in [3.05, 3.63) is 107 Å². The van der Waals surface area contributed by atoms with Gasteiger partial charge in [-0.25, -0.2) is 4.39 Å². The second kappa shape index (κ2) is 11.1. The molecule has 0 atom stereocenters. The lowest BCUT2D eigenvalue weighted by molar-refractivity contribution is 0.628. The summed E-state index contributed by atoms with van der Waals surface area (Å²) >= 11 is 0. The van der Waals surface area contributed by atoms with Gasteiger partial charge in [-0.1, -0.05) is 25.3 Å². The van der Waals surface area contributed by atoms with Gasteiger partial charge in [0, 0.05) is 39.6 Å². The summed E-state index contributed by atoms with van der Waals surface area (Å²) in [5, 5.41) is 13.9. The largest absolute Gasteiger partial charge is 0.383 e. The molecular weight excluding hydrogens is 461 g/mol. The number of aromatic nitrogens is 4. The minimum absolute atomic E-state index is 0.276. The van der Waals surface area contributed by atoms with Gasteiger partial charge in [-0.15, -0.1) is 0 Å². The molecule has 0 aliphatic carbocycles. The number of benzene rings is 1. The van der Waals surface area contributed by atoms with E-state index in [9.17, 15) is 4.39 Å². The molecule has 5 nitrogen and oxygen atoms in total. The molecule has 4 aromatic rings. The van der Waals surface area contributed by atoms with Crippen LogP contribution in [-0.2, 0) is 0 Å². The summed E-state index contributed by atoms with van der Waals surface area (Å²) in [6.45, 7) is 16.4. The second-order valence-corrected chi connectivity index (χ2v) is 9.02. The number of rotatable bonds is 8. The van der Waals surface area contributed by atoms with E-state index in [0.29, 0.717) is 0 Å². The lowest BCUT2D eigenvalue weighted by Gasteiger charge is -2.12. The highest BCUT2D eigenvalue weighted by Gasteiger charge is 2.13. The van der Waals surface area contributed by atoms with Crippen molar-refractivity contribution in [2.45, 2.75) is 33.7 Å². The van der Waals surface area contributed by atoms with Crippen LogP contribution in [0.15, 0.2) is 90.8 Å². The van der Waals surface area contributed by atoms with Gasteiger partial charge in [0.15, 0.2) is 0 Å². The zero-order chi connectivity index (χ0) is 26.5. The summed E-state index contributed by atoms with van der Waals surface area (Å²) in [6.07, 6.45) is 11.7. The average Bonchev–Trinajstić information content (AvgIpc) is 3.50. The molecule has 4 rings (SSSR count). The van der Waals surface area contributed by atoms with Crippen molar-refractivity contribution in [2.75, 3.05) is 0 Å². The van der Waals surface area contributed by atoms with Crippen LogP contribution in [0.2, 0.25) is 0 Å². The normalized spacial score (nSPS) is 13.6. The first kappa shape index (κ1) is 25.6. The van der Waals surface area contributed by atoms with Crippen LogP contribution in [-0.4, -0.2) is 26.2 Å². The third-order valence-electron chi connectivity index (χ3n) is 6.03. The maximum absolute atomic E-state index is 13.5. The van der Waals surface area contributed by atoms with E-state index in [1.54, 1.807) is 18.3 Å². The number of halogens is 1. The van der Waals surface area contributed by atoms with Crippen molar-refractivity contribution in [3.63, 3.8) is 0 Å². The Hall–Kier alpha value is -4.45. The highest BCUT2D eigenvalue weighted by Crippen LogP contribution is 2.29. The van der Waals surface area contributed by atoms with E-state index in [1.165, 1.54) is 12.1 Å². The Morgan fingerprint density at radius 3 is 2.51 bits per heavy atom. The molecule has 0 aliphatic heterocycles. The Labute approximate surface area is 216 Å². The first-order chi connectivity index (χ1) is 17.8. The molecule has 1 aromatic carbocycles. The summed E-state index contributed by atoms with van der Waals surface area (Å²) in [5.41, 5.74) is 6.94. The van der Waals surface area contributed by atoms with Gasteiger partial charge >= 0.3 is 0 Å². The summed E-state index contributed by atoms with van der Waals surface area (Å²) in [7, 11) is 0. The number of aromatic amines is 2. The monoisotopic (exact) mass is 493 g/mol. The number of allylic oxidation sites excluding steroid dienone is 5. The number of nitrogens with one attached hydrogen (secondary N) is 3. The summed E-state index contributed by atoms with van der Waals surface area (Å²) < 4.78 is 13.5. The maximum Gasteiger partial charge on any atom is 0.123 e. The molecule has 0 fully saturated rings. The SMILES string of the molecule is C=C/C(=C\C(=C/C)C(=C)/C=c1/c(-c2cc3c(-c4ccc(F)cc4)nccc3[nH]2)n[nH]/c1=C/C)NC(C)C. The van der Waals surface area contributed by atoms with Gasteiger partial charge in [-0.3, -0.25) is 10.1 Å². The Kier molecular flexibility index (Phi) is 7.68. The van der Waals surface area contributed by atoms with E-state index in [1.807, 2.05) is 56.4 Å². The van der Waals surface area contributed by atoms with Crippen LogP contribution >= 0.6 is 0 Å². The van der Waals surface area contributed by atoms with E-state index >= 15 is 0 Å². The van der Waals surface area contributed by atoms with Crippen LogP contribution in [0.5, 0.6) is 0 Å². The lowest BCUT2D eigenvalue weighted by atomic mass is 10.0. The number of nitrogens with zero attached hydrogens (tertiary/aromatic N) is 2. The molecule has 0 saturated carbocycles. The lowest BCUT2D eigenvalue weighted by Crippen LogP contribution is -2.24. The third kappa shape index (κ3) is 5.54. The first-order valence-electron chi connectivity index (χ1n) is 12.3. The molecule has 3 aromatic heterocycles. The van der Waals surface area contributed by atoms with Gasteiger partial charge in [-0.2, -0.15) is 5.10 Å². The molecule has 0 bridgehead atoms. The van der Waals surface area contributed by atoms with Gasteiger partial charge in [-0.05, 0) is 93.5 Å². The molecule has 188 valence electrons. The fourth-order valence-corrected chi connectivity index (χ4v) is 4.23. The van der Waals surface area contributed by atoms with Gasteiger partial charge < -0.3 is 10.3 Å². The topological polar surface area (TPSA) is 69.4 Å². The minimum Gasteiger partial charge on any atom is -0.383 e. The minimum atomic E-state index is -0.276. The van der Waals surface area contributed by atoms with Gasteiger partial charge in [0.1, 0.15) is 11.5 Å². The fraction of sp³-hybridized carbons (Fsp3) is 0.161. The number of hydrogen-bond acceptors (Lipinski definition) is 3. The Morgan fingerprint density at radius 1 is 1.11 bits per heavy atom. The van der Waals surface area contributed by atoms with Crippen LogP contribution < -0.4 is 15.9 Å². The van der Waals surface area contributed by atoms with Crippen LogP contribution in [0.3, 0.4) is 0 Å². The predicted molar refractivity (Wildman–Crippen MR) is 152 cm³/mol. The smallest absolute Gasteiger partial charge is 0.123 e. The highest BCUT2D eigenvalue weighted by molar-refractivity contribution is 5.96. The van der Waals surface area contributed by atoms with Crippen LogP contribution in [0.4, 0.5) is 4.39 Å². The van der Waals surface area contributed by atoms with Crippen molar-refractivity contribution in [1.82, 2.24) is 25.5 Å². The molecule has 0 radical (unpaired) electrons. The molecule has 0 spiro atoms. The number of H-pyrrole nitrogens is 2. The van der Waals surface area contributed by atoms with E-state index in [-0.39, 0.29) is 11.9 Å². The Morgan fingerprint density at radius 2 is 1.86 bits per heavy atom. The Bertz CT molecular complexity index is 1630. The molecule has 6 heteroatoms. The molecule has 3 N–H and O–H groups in total. The van der Waals surface area contributed by atoms with Crippen molar-refractivity contribution in [1.29, 1.82) is 0 Å². The van der Waals surface area contributed by atoms with Crippen molar-refractivity contribution in [3.8, 4) is 22.6 Å². The zero-order valence-electron chi connectivity index (χ0n) is 21.7. The standard InChI is InChI=1S/C31H32FN5/c1-7-21(17-24(8-2)34-19(4)5)20(6)16-25-27(9-3)36-37-31(25)29-18-26-28(35-29)14-15-33-30(26)22-10-12-23(32)13-11-22/h7-19,34-36H,2,6H2,1,3-5H3/b21-7+,24-17+,25-16+,27-9+. The van der Waals surface area contributed by atoms with Crippen molar-refractivity contribution >= 4 is 23.1 Å². The molecule has 37 heavy (non-hydrogen) atoms. The third-order valence-corrected chi connectivity index (χ3v) is 6.03. The second-order valence-electron chi connectivity index (χ2n) is 9.02. The van der Waals surface area contributed by atoms with E-state index in [2.05, 4.69) is 52.5 Å². The summed E-state index contributed by atoms with van der Waals surface area (Å²) in [6, 6.07) is 10.6. The van der Waals surface area contributed by atoms with Gasteiger partial charge in [0.25, 0.3) is 0 Å². The Balaban J connectivity index is 1.81. The number of fused-ring (bicyclic) bond motifs is 1. The van der Waals surface area contributed by atoms with E-state index < -0.39 is 0 Å². The molecular formula is C31H32FN5.